The first kappa shape index (κ1) is 18.3. The van der Waals surface area contributed by atoms with Crippen LogP contribution in [0.15, 0.2) is 30.3 Å². The molecular weight excluding hydrogens is 334 g/mol. The molecule has 0 unspecified atom stereocenters. The van der Waals surface area contributed by atoms with Gasteiger partial charge in [0.2, 0.25) is 5.91 Å². The Kier molecular flexibility index (Phi) is 4.83. The molecule has 0 bridgehead atoms. The van der Waals surface area contributed by atoms with Gasteiger partial charge in [-0.2, -0.15) is 5.10 Å². The molecule has 4 heteroatoms. The van der Waals surface area contributed by atoms with Crippen LogP contribution in [0, 0.1) is 38.5 Å². The first-order chi connectivity index (χ1) is 13.0. The Bertz CT molecular complexity index is 826. The van der Waals surface area contributed by atoms with Gasteiger partial charge in [-0.05, 0) is 56.6 Å². The van der Waals surface area contributed by atoms with Crippen molar-refractivity contribution in [2.75, 3.05) is 0 Å². The Labute approximate surface area is 162 Å². The number of nitrogens with zero attached hydrogens (tertiary/aromatic N) is 2. The van der Waals surface area contributed by atoms with E-state index in [1.54, 1.807) is 0 Å². The third-order valence-corrected chi connectivity index (χ3v) is 7.07. The van der Waals surface area contributed by atoms with Gasteiger partial charge in [-0.25, -0.2) is 0 Å². The van der Waals surface area contributed by atoms with Crippen LogP contribution in [0.4, 0.5) is 0 Å². The number of hydrogen-bond donors (Lipinski definition) is 1. The Balaban J connectivity index is 1.45. The van der Waals surface area contributed by atoms with Gasteiger partial charge in [0.05, 0.1) is 18.2 Å². The van der Waals surface area contributed by atoms with Crippen LogP contribution in [0.3, 0.4) is 0 Å². The Hall–Kier alpha value is -2.10. The number of amides is 1. The molecule has 2 aliphatic rings. The number of carbonyl (C=O) groups excluding carboxylic acids is 1. The number of aryl methyl sites for hydroxylation is 1. The average Bonchev–Trinajstić information content (AvgIpc) is 3.17. The molecule has 1 aromatic carbocycles. The number of benzene rings is 1. The van der Waals surface area contributed by atoms with Crippen molar-refractivity contribution in [1.29, 1.82) is 0 Å². The minimum absolute atomic E-state index is 0.0840. The first-order valence-corrected chi connectivity index (χ1v) is 10.3. The first-order valence-electron chi connectivity index (χ1n) is 10.3. The van der Waals surface area contributed by atoms with E-state index in [4.69, 9.17) is 0 Å². The molecule has 1 aromatic heterocycles. The summed E-state index contributed by atoms with van der Waals surface area (Å²) in [5, 5.41) is 8.02. The van der Waals surface area contributed by atoms with Crippen LogP contribution < -0.4 is 5.32 Å². The molecule has 2 saturated carbocycles. The smallest absolute Gasteiger partial charge is 0.224 e. The summed E-state index contributed by atoms with van der Waals surface area (Å²) in [5.74, 6) is 1.95. The molecule has 4 rings (SSSR count). The summed E-state index contributed by atoms with van der Waals surface area (Å²) in [4.78, 5) is 13.0. The van der Waals surface area contributed by atoms with Crippen LogP contribution in [0.5, 0.6) is 0 Å². The molecule has 1 amide bonds. The van der Waals surface area contributed by atoms with Crippen LogP contribution in [-0.4, -0.2) is 21.7 Å². The fourth-order valence-corrected chi connectivity index (χ4v) is 5.24. The largest absolute Gasteiger partial charge is 0.352 e. The van der Waals surface area contributed by atoms with Crippen molar-refractivity contribution >= 4 is 5.91 Å². The molecule has 5 atom stereocenters. The molecule has 2 aromatic rings. The Morgan fingerprint density at radius 2 is 1.89 bits per heavy atom. The molecule has 144 valence electrons. The minimum atomic E-state index is -0.0840. The predicted molar refractivity (Wildman–Crippen MR) is 108 cm³/mol. The predicted octanol–water partition coefficient (Wildman–Crippen LogP) is 4.14. The van der Waals surface area contributed by atoms with Crippen LogP contribution in [-0.2, 0) is 11.3 Å². The van der Waals surface area contributed by atoms with Gasteiger partial charge in [0.25, 0.3) is 0 Å². The van der Waals surface area contributed by atoms with E-state index in [0.29, 0.717) is 18.4 Å². The lowest BCUT2D eigenvalue weighted by Gasteiger charge is -2.50. The van der Waals surface area contributed by atoms with Crippen molar-refractivity contribution in [3.63, 3.8) is 0 Å². The Morgan fingerprint density at radius 1 is 1.19 bits per heavy atom. The van der Waals surface area contributed by atoms with E-state index in [1.165, 1.54) is 30.4 Å². The highest BCUT2D eigenvalue weighted by Crippen LogP contribution is 2.55. The second kappa shape index (κ2) is 7.14. The Morgan fingerprint density at radius 3 is 2.56 bits per heavy atom. The van der Waals surface area contributed by atoms with E-state index in [-0.39, 0.29) is 17.9 Å². The van der Waals surface area contributed by atoms with Crippen molar-refractivity contribution in [2.24, 2.45) is 17.8 Å². The highest BCUT2D eigenvalue weighted by molar-refractivity contribution is 5.79. The van der Waals surface area contributed by atoms with Crippen LogP contribution in [0.25, 0.3) is 0 Å². The maximum Gasteiger partial charge on any atom is 0.224 e. The molecule has 4 nitrogen and oxygen atoms in total. The fraction of sp³-hybridized carbons (Fsp3) is 0.565. The standard InChI is InChI=1S/C23H31N3O/c1-14(13-26-17(4)15(2)16(3)25-26)23(27)24-22-20-12-8-11-19(20)21(22)18-9-6-5-7-10-18/h5-7,9-10,14,19-22H,8,11-13H2,1-4H3,(H,24,27)/t14-,19-,20+,21-,22+/m0/s1. The van der Waals surface area contributed by atoms with E-state index in [0.717, 1.165) is 17.3 Å². The van der Waals surface area contributed by atoms with Gasteiger partial charge in [-0.15, -0.1) is 0 Å². The molecule has 0 saturated heterocycles. The summed E-state index contributed by atoms with van der Waals surface area (Å²) in [6.45, 7) is 8.87. The highest BCUT2D eigenvalue weighted by atomic mass is 16.2. The number of rotatable bonds is 5. The van der Waals surface area contributed by atoms with Gasteiger partial charge in [0.15, 0.2) is 0 Å². The maximum absolute atomic E-state index is 13.0. The highest BCUT2D eigenvalue weighted by Gasteiger charge is 2.53. The molecule has 0 spiro atoms. The van der Waals surface area contributed by atoms with Gasteiger partial charge in [-0.3, -0.25) is 9.48 Å². The normalized spacial score (nSPS) is 27.7. The van der Waals surface area contributed by atoms with Crippen molar-refractivity contribution in [2.45, 2.75) is 65.5 Å². The molecular formula is C23H31N3O. The lowest BCUT2D eigenvalue weighted by atomic mass is 9.59. The van der Waals surface area contributed by atoms with Gasteiger partial charge < -0.3 is 5.32 Å². The number of aromatic nitrogens is 2. The van der Waals surface area contributed by atoms with Gasteiger partial charge in [0, 0.05) is 17.7 Å². The topological polar surface area (TPSA) is 46.9 Å². The molecule has 0 radical (unpaired) electrons. The van der Waals surface area contributed by atoms with Gasteiger partial charge in [0.1, 0.15) is 0 Å². The molecule has 2 aliphatic carbocycles. The van der Waals surface area contributed by atoms with Crippen LogP contribution in [0.2, 0.25) is 0 Å². The lowest BCUT2D eigenvalue weighted by molar-refractivity contribution is -0.127. The third-order valence-electron chi connectivity index (χ3n) is 7.07. The summed E-state index contributed by atoms with van der Waals surface area (Å²) < 4.78 is 1.99. The van der Waals surface area contributed by atoms with E-state index < -0.39 is 0 Å². The molecule has 1 N–H and O–H groups in total. The van der Waals surface area contributed by atoms with Gasteiger partial charge in [-0.1, -0.05) is 43.7 Å². The zero-order valence-corrected chi connectivity index (χ0v) is 16.9. The summed E-state index contributed by atoms with van der Waals surface area (Å²) in [6, 6.07) is 11.0. The van der Waals surface area contributed by atoms with Gasteiger partial charge >= 0.3 is 0 Å². The number of carbonyl (C=O) groups is 1. The quantitative estimate of drug-likeness (QED) is 0.865. The maximum atomic E-state index is 13.0. The zero-order chi connectivity index (χ0) is 19.1. The number of fused-ring (bicyclic) bond motifs is 1. The summed E-state index contributed by atoms with van der Waals surface area (Å²) >= 11 is 0. The summed E-state index contributed by atoms with van der Waals surface area (Å²) in [6.07, 6.45) is 3.85. The van der Waals surface area contributed by atoms with E-state index >= 15 is 0 Å². The van der Waals surface area contributed by atoms with Crippen molar-refractivity contribution in [1.82, 2.24) is 15.1 Å². The van der Waals surface area contributed by atoms with Crippen LogP contribution in [0.1, 0.15) is 54.6 Å². The monoisotopic (exact) mass is 365 g/mol. The second-order valence-electron chi connectivity index (χ2n) is 8.61. The molecule has 1 heterocycles. The van der Waals surface area contributed by atoms with E-state index in [1.807, 2.05) is 18.5 Å². The second-order valence-corrected chi connectivity index (χ2v) is 8.61. The molecule has 27 heavy (non-hydrogen) atoms. The van der Waals surface area contributed by atoms with Crippen molar-refractivity contribution in [3.05, 3.63) is 52.8 Å². The SMILES string of the molecule is Cc1nn(C[C@H](C)C(=O)N[C@@H]2[C@@H]3CCC[C@@H]3[C@@H]2c2ccccc2)c(C)c1C. The molecule has 0 aliphatic heterocycles. The van der Waals surface area contributed by atoms with E-state index in [9.17, 15) is 4.79 Å². The van der Waals surface area contributed by atoms with Crippen molar-refractivity contribution in [3.8, 4) is 0 Å². The fourth-order valence-electron chi connectivity index (χ4n) is 5.24. The zero-order valence-electron chi connectivity index (χ0n) is 16.9. The van der Waals surface area contributed by atoms with Crippen LogP contribution >= 0.6 is 0 Å². The summed E-state index contributed by atoms with van der Waals surface area (Å²) in [7, 11) is 0. The number of nitrogens with one attached hydrogen (secondary N) is 1. The van der Waals surface area contributed by atoms with E-state index in [2.05, 4.69) is 54.6 Å². The number of hydrogen-bond acceptors (Lipinski definition) is 2. The average molecular weight is 366 g/mol. The minimum Gasteiger partial charge on any atom is -0.352 e. The molecule has 2 fully saturated rings. The van der Waals surface area contributed by atoms with Crippen molar-refractivity contribution < 1.29 is 4.79 Å². The summed E-state index contributed by atoms with van der Waals surface area (Å²) in [5.41, 5.74) is 4.82. The third kappa shape index (κ3) is 3.19. The lowest BCUT2D eigenvalue weighted by Crippen LogP contribution is -2.57.